The van der Waals surface area contributed by atoms with E-state index in [1.54, 1.807) is 11.2 Å². The van der Waals surface area contributed by atoms with E-state index in [2.05, 4.69) is 74.9 Å². The first-order valence-corrected chi connectivity index (χ1v) is 14.0. The van der Waals surface area contributed by atoms with Gasteiger partial charge in [0, 0.05) is 48.4 Å². The Hall–Kier alpha value is -3.22. The average Bonchev–Trinajstić information content (AvgIpc) is 3.50. The SMILES string of the molecule is Cc1c(-c2[nH]c3ccc(C4CCC(CC(C)(C)C(=O)N(C)C)CC4)nc3c2C(C)C)cn2ncnc2c1C. The Kier molecular flexibility index (Phi) is 6.82. The van der Waals surface area contributed by atoms with Crippen molar-refractivity contribution >= 4 is 22.6 Å². The summed E-state index contributed by atoms with van der Waals surface area (Å²) in [6.45, 7) is 13.0. The van der Waals surface area contributed by atoms with Crippen molar-refractivity contribution in [1.29, 1.82) is 0 Å². The summed E-state index contributed by atoms with van der Waals surface area (Å²) in [6.07, 6.45) is 9.23. The smallest absolute Gasteiger partial charge is 0.227 e. The molecule has 202 valence electrons. The fourth-order valence-corrected chi connectivity index (χ4v) is 6.63. The molecule has 1 aliphatic rings. The number of amides is 1. The maximum atomic E-state index is 12.6. The van der Waals surface area contributed by atoms with Gasteiger partial charge in [-0.3, -0.25) is 9.78 Å². The lowest BCUT2D eigenvalue weighted by Gasteiger charge is -2.34. The Morgan fingerprint density at radius 2 is 1.84 bits per heavy atom. The highest BCUT2D eigenvalue weighted by molar-refractivity contribution is 5.89. The van der Waals surface area contributed by atoms with Gasteiger partial charge in [-0.25, -0.2) is 9.50 Å². The summed E-state index contributed by atoms with van der Waals surface area (Å²) < 4.78 is 1.87. The van der Waals surface area contributed by atoms with E-state index in [1.807, 2.05) is 18.6 Å². The second-order valence-corrected chi connectivity index (χ2v) is 12.5. The van der Waals surface area contributed by atoms with E-state index < -0.39 is 0 Å². The van der Waals surface area contributed by atoms with Crippen molar-refractivity contribution in [2.45, 2.75) is 85.5 Å². The van der Waals surface area contributed by atoms with E-state index in [-0.39, 0.29) is 11.3 Å². The Labute approximate surface area is 226 Å². The molecule has 7 heteroatoms. The van der Waals surface area contributed by atoms with E-state index in [4.69, 9.17) is 4.98 Å². The number of aromatic nitrogens is 5. The number of rotatable bonds is 6. The van der Waals surface area contributed by atoms with Gasteiger partial charge >= 0.3 is 0 Å². The number of hydrogen-bond acceptors (Lipinski definition) is 4. The molecule has 4 aromatic heterocycles. The molecule has 4 heterocycles. The molecule has 38 heavy (non-hydrogen) atoms. The zero-order chi connectivity index (χ0) is 27.4. The topological polar surface area (TPSA) is 79.2 Å². The van der Waals surface area contributed by atoms with Crippen LogP contribution in [0.2, 0.25) is 0 Å². The Morgan fingerprint density at radius 3 is 2.50 bits per heavy atom. The molecular weight excluding hydrogens is 472 g/mol. The molecule has 5 rings (SSSR count). The lowest BCUT2D eigenvalue weighted by atomic mass is 9.72. The number of carbonyl (C=O) groups excluding carboxylic acids is 1. The van der Waals surface area contributed by atoms with Crippen molar-refractivity contribution in [1.82, 2.24) is 29.5 Å². The van der Waals surface area contributed by atoms with Crippen molar-refractivity contribution in [3.05, 3.63) is 47.0 Å². The van der Waals surface area contributed by atoms with E-state index in [0.29, 0.717) is 17.8 Å². The number of pyridine rings is 2. The molecule has 1 fully saturated rings. The van der Waals surface area contributed by atoms with E-state index in [9.17, 15) is 4.79 Å². The predicted molar refractivity (Wildman–Crippen MR) is 153 cm³/mol. The maximum Gasteiger partial charge on any atom is 0.227 e. The lowest BCUT2D eigenvalue weighted by molar-refractivity contribution is -0.138. The second-order valence-electron chi connectivity index (χ2n) is 12.5. The first-order valence-electron chi connectivity index (χ1n) is 14.0. The van der Waals surface area contributed by atoms with Crippen LogP contribution < -0.4 is 0 Å². The van der Waals surface area contributed by atoms with Gasteiger partial charge in [0.05, 0.1) is 16.7 Å². The standard InChI is InChI=1S/C31H42N6O/c1-18(2)26-27(23-16-37-29(32-17-33-37)20(4)19(23)3)35-25-14-13-24(34-28(25)26)22-11-9-21(10-12-22)15-31(5,6)30(38)36(7)8/h13-14,16-18,21-22,35H,9-12,15H2,1-8H3. The molecule has 0 aromatic carbocycles. The van der Waals surface area contributed by atoms with Crippen molar-refractivity contribution in [3.63, 3.8) is 0 Å². The normalized spacial score (nSPS) is 18.6. The summed E-state index contributed by atoms with van der Waals surface area (Å²) in [6, 6.07) is 4.43. The largest absolute Gasteiger partial charge is 0.353 e. The number of H-pyrrole nitrogens is 1. The fraction of sp³-hybridized carbons (Fsp3) is 0.548. The third kappa shape index (κ3) is 4.61. The van der Waals surface area contributed by atoms with Crippen LogP contribution in [0.15, 0.2) is 24.7 Å². The number of nitrogens with zero attached hydrogens (tertiary/aromatic N) is 5. The molecule has 0 saturated heterocycles. The third-order valence-corrected chi connectivity index (χ3v) is 8.72. The number of fused-ring (bicyclic) bond motifs is 2. The molecule has 1 saturated carbocycles. The van der Waals surface area contributed by atoms with Crippen LogP contribution in [-0.2, 0) is 4.79 Å². The van der Waals surface area contributed by atoms with Crippen molar-refractivity contribution in [3.8, 4) is 11.3 Å². The van der Waals surface area contributed by atoms with Gasteiger partial charge in [-0.05, 0) is 81.0 Å². The minimum Gasteiger partial charge on any atom is -0.353 e. The van der Waals surface area contributed by atoms with Gasteiger partial charge in [-0.2, -0.15) is 5.10 Å². The van der Waals surface area contributed by atoms with E-state index in [0.717, 1.165) is 65.6 Å². The van der Waals surface area contributed by atoms with Gasteiger partial charge in [-0.1, -0.05) is 27.7 Å². The minimum atomic E-state index is -0.308. The Balaban J connectivity index is 1.43. The molecule has 1 N–H and O–H groups in total. The number of aryl methyl sites for hydroxylation is 1. The van der Waals surface area contributed by atoms with Gasteiger partial charge in [0.1, 0.15) is 6.33 Å². The summed E-state index contributed by atoms with van der Waals surface area (Å²) in [7, 11) is 3.71. The zero-order valence-corrected chi connectivity index (χ0v) is 24.2. The minimum absolute atomic E-state index is 0.226. The van der Waals surface area contributed by atoms with Crippen LogP contribution in [0, 0.1) is 25.2 Å². The van der Waals surface area contributed by atoms with Crippen LogP contribution in [0.3, 0.4) is 0 Å². The van der Waals surface area contributed by atoms with Crippen molar-refractivity contribution < 1.29 is 4.79 Å². The van der Waals surface area contributed by atoms with Gasteiger partial charge in [0.15, 0.2) is 5.65 Å². The quantitative estimate of drug-likeness (QED) is 0.307. The number of aromatic amines is 1. The van der Waals surface area contributed by atoms with Crippen LogP contribution >= 0.6 is 0 Å². The van der Waals surface area contributed by atoms with Crippen LogP contribution in [0.25, 0.3) is 27.9 Å². The highest BCUT2D eigenvalue weighted by Gasteiger charge is 2.34. The number of nitrogens with one attached hydrogen (secondary N) is 1. The Morgan fingerprint density at radius 1 is 1.13 bits per heavy atom. The van der Waals surface area contributed by atoms with Crippen molar-refractivity contribution in [2.24, 2.45) is 11.3 Å². The molecule has 0 bridgehead atoms. The first-order chi connectivity index (χ1) is 18.0. The summed E-state index contributed by atoms with van der Waals surface area (Å²) in [5.41, 5.74) is 9.88. The van der Waals surface area contributed by atoms with Gasteiger partial charge in [0.25, 0.3) is 0 Å². The second kappa shape index (κ2) is 9.83. The molecule has 0 spiro atoms. The monoisotopic (exact) mass is 514 g/mol. The molecule has 7 nitrogen and oxygen atoms in total. The number of hydrogen-bond donors (Lipinski definition) is 1. The predicted octanol–water partition coefficient (Wildman–Crippen LogP) is 6.79. The van der Waals surface area contributed by atoms with Crippen LogP contribution in [0.1, 0.15) is 94.0 Å². The van der Waals surface area contributed by atoms with Crippen LogP contribution in [0.4, 0.5) is 0 Å². The first kappa shape index (κ1) is 26.4. The Bertz CT molecular complexity index is 1480. The fourth-order valence-electron chi connectivity index (χ4n) is 6.63. The number of carbonyl (C=O) groups is 1. The summed E-state index contributed by atoms with van der Waals surface area (Å²) in [4.78, 5) is 27.8. The third-order valence-electron chi connectivity index (χ3n) is 8.72. The maximum absolute atomic E-state index is 12.6. The summed E-state index contributed by atoms with van der Waals surface area (Å²) >= 11 is 0. The van der Waals surface area contributed by atoms with Crippen LogP contribution in [-0.4, -0.2) is 49.5 Å². The molecule has 1 amide bonds. The molecule has 0 unspecified atom stereocenters. The van der Waals surface area contributed by atoms with Gasteiger partial charge in [0.2, 0.25) is 5.91 Å². The summed E-state index contributed by atoms with van der Waals surface area (Å²) in [5, 5.41) is 4.41. The van der Waals surface area contributed by atoms with Gasteiger partial charge < -0.3 is 9.88 Å². The molecule has 1 aliphatic carbocycles. The van der Waals surface area contributed by atoms with E-state index >= 15 is 0 Å². The highest BCUT2D eigenvalue weighted by atomic mass is 16.2. The molecule has 4 aromatic rings. The van der Waals surface area contributed by atoms with Crippen LogP contribution in [0.5, 0.6) is 0 Å². The zero-order valence-electron chi connectivity index (χ0n) is 24.2. The van der Waals surface area contributed by atoms with Crippen molar-refractivity contribution in [2.75, 3.05) is 14.1 Å². The van der Waals surface area contributed by atoms with E-state index in [1.165, 1.54) is 16.8 Å². The van der Waals surface area contributed by atoms with Gasteiger partial charge in [-0.15, -0.1) is 0 Å². The highest BCUT2D eigenvalue weighted by Crippen LogP contribution is 2.42. The molecular formula is C31H42N6O. The molecule has 0 atom stereocenters. The summed E-state index contributed by atoms with van der Waals surface area (Å²) in [5.74, 6) is 1.61. The molecule has 0 aliphatic heterocycles. The molecule has 0 radical (unpaired) electrons. The lowest BCUT2D eigenvalue weighted by Crippen LogP contribution is -2.37. The average molecular weight is 515 g/mol.